The number of aliphatic hydroxyl groups excluding tert-OH is 1. The SMILES string of the molecule is Cc1cc(C(=O)Nc2nc3ccc(N4CCC(N5CC6(CCN(C)CC6)C5)CC4)cc3n2C2CCC(O)CC2)cc(-c2cnn(C)c2)n1. The molecule has 2 N–H and O–H groups in total. The van der Waals surface area contributed by atoms with Gasteiger partial charge >= 0.3 is 0 Å². The van der Waals surface area contributed by atoms with E-state index < -0.39 is 0 Å². The van der Waals surface area contributed by atoms with Gasteiger partial charge in [0.1, 0.15) is 0 Å². The van der Waals surface area contributed by atoms with Crippen LogP contribution in [0.2, 0.25) is 0 Å². The molecule has 3 saturated heterocycles. The Bertz CT molecular complexity index is 1780. The molecule has 1 amide bonds. The van der Waals surface area contributed by atoms with Gasteiger partial charge in [0.05, 0.1) is 29.0 Å². The van der Waals surface area contributed by atoms with Crippen molar-refractivity contribution in [2.45, 2.75) is 76.5 Å². The van der Waals surface area contributed by atoms with E-state index in [0.29, 0.717) is 28.7 Å². The van der Waals surface area contributed by atoms with E-state index in [1.807, 2.05) is 32.3 Å². The minimum absolute atomic E-state index is 0.151. The average molecular weight is 652 g/mol. The number of benzene rings is 1. The van der Waals surface area contributed by atoms with E-state index >= 15 is 0 Å². The summed E-state index contributed by atoms with van der Waals surface area (Å²) in [5.74, 6) is 0.346. The Labute approximate surface area is 282 Å². The second kappa shape index (κ2) is 12.6. The summed E-state index contributed by atoms with van der Waals surface area (Å²) in [6, 6.07) is 11.0. The zero-order valence-electron chi connectivity index (χ0n) is 28.6. The maximum Gasteiger partial charge on any atom is 0.258 e. The van der Waals surface area contributed by atoms with Gasteiger partial charge in [-0.3, -0.25) is 24.7 Å². The number of amides is 1. The lowest BCUT2D eigenvalue weighted by atomic mass is 9.71. The quantitative estimate of drug-likeness (QED) is 0.305. The highest BCUT2D eigenvalue weighted by molar-refractivity contribution is 6.05. The maximum atomic E-state index is 13.8. The second-order valence-electron chi connectivity index (χ2n) is 15.1. The van der Waals surface area contributed by atoms with Crippen LogP contribution in [0.1, 0.15) is 73.5 Å². The molecular weight excluding hydrogens is 602 g/mol. The number of likely N-dealkylation sites (tertiary alicyclic amines) is 2. The Morgan fingerprint density at radius 1 is 0.917 bits per heavy atom. The van der Waals surface area contributed by atoms with Gasteiger partial charge in [0.25, 0.3) is 5.91 Å². The first kappa shape index (κ1) is 31.5. The van der Waals surface area contributed by atoms with Crippen LogP contribution in [-0.4, -0.2) is 104 Å². The van der Waals surface area contributed by atoms with Crippen molar-refractivity contribution in [2.24, 2.45) is 12.5 Å². The van der Waals surface area contributed by atoms with Gasteiger partial charge in [-0.1, -0.05) is 0 Å². The minimum Gasteiger partial charge on any atom is -0.393 e. The number of carbonyl (C=O) groups is 1. The van der Waals surface area contributed by atoms with Gasteiger partial charge in [0, 0.05) is 74.0 Å². The number of hydrogen-bond donors (Lipinski definition) is 2. The molecule has 0 atom stereocenters. The topological polar surface area (TPSA) is 108 Å². The first-order valence-electron chi connectivity index (χ1n) is 17.9. The van der Waals surface area contributed by atoms with Crippen LogP contribution >= 0.6 is 0 Å². The number of piperidine rings is 2. The summed E-state index contributed by atoms with van der Waals surface area (Å²) in [5, 5.41) is 17.8. The van der Waals surface area contributed by atoms with Crippen molar-refractivity contribution in [1.82, 2.24) is 34.1 Å². The third-order valence-electron chi connectivity index (χ3n) is 11.6. The molecular formula is C37H49N9O2. The third kappa shape index (κ3) is 6.12. The van der Waals surface area contributed by atoms with E-state index in [0.717, 1.165) is 61.1 Å². The number of nitrogens with zero attached hydrogens (tertiary/aromatic N) is 8. The summed E-state index contributed by atoms with van der Waals surface area (Å²) in [5.41, 5.74) is 6.59. The predicted octanol–water partition coefficient (Wildman–Crippen LogP) is 4.86. The number of anilines is 2. The standard InChI is InChI=1S/C37H49N9O2/c1-25-18-26(19-33(39-25)27-21-38-43(3)22-27)35(48)41-36-40-32-9-6-30(20-34(32)46(36)29-4-7-31(47)8-5-29)44-14-10-28(11-15-44)45-23-37(24-45)12-16-42(2)17-13-37/h6,9,18-22,28-29,31,47H,4-5,7-8,10-17,23-24H2,1-3H3,(H,40,41,48). The molecule has 1 spiro atoms. The molecule has 3 aliphatic heterocycles. The van der Waals surface area contributed by atoms with Crippen LogP contribution in [0.5, 0.6) is 0 Å². The van der Waals surface area contributed by atoms with Crippen molar-refractivity contribution >= 4 is 28.6 Å². The molecule has 4 aliphatic rings. The third-order valence-corrected chi connectivity index (χ3v) is 11.6. The normalized spacial score (nSPS) is 23.9. The Kier molecular flexibility index (Phi) is 8.25. The zero-order valence-corrected chi connectivity index (χ0v) is 28.6. The van der Waals surface area contributed by atoms with Gasteiger partial charge < -0.3 is 19.5 Å². The number of imidazole rings is 1. The number of pyridine rings is 1. The van der Waals surface area contributed by atoms with Crippen LogP contribution < -0.4 is 10.2 Å². The van der Waals surface area contributed by atoms with Crippen molar-refractivity contribution in [1.29, 1.82) is 0 Å². The molecule has 254 valence electrons. The molecule has 4 aromatic rings. The van der Waals surface area contributed by atoms with Crippen LogP contribution in [0.3, 0.4) is 0 Å². The van der Waals surface area contributed by atoms with Crippen molar-refractivity contribution in [3.8, 4) is 11.3 Å². The molecule has 1 saturated carbocycles. The van der Waals surface area contributed by atoms with Gasteiger partial charge in [-0.2, -0.15) is 5.10 Å². The predicted molar refractivity (Wildman–Crippen MR) is 188 cm³/mol. The molecule has 1 aromatic carbocycles. The van der Waals surface area contributed by atoms with Crippen LogP contribution in [0, 0.1) is 12.3 Å². The van der Waals surface area contributed by atoms with Crippen LogP contribution in [0.25, 0.3) is 22.3 Å². The number of hydrogen-bond acceptors (Lipinski definition) is 8. The van der Waals surface area contributed by atoms with Gasteiger partial charge in [-0.25, -0.2) is 4.98 Å². The van der Waals surface area contributed by atoms with Crippen molar-refractivity contribution in [3.63, 3.8) is 0 Å². The van der Waals surface area contributed by atoms with Gasteiger partial charge in [-0.15, -0.1) is 0 Å². The fraction of sp³-hybridized carbons (Fsp3) is 0.568. The number of carbonyl (C=O) groups excluding carboxylic acids is 1. The molecule has 11 nitrogen and oxygen atoms in total. The molecule has 4 fully saturated rings. The molecule has 0 unspecified atom stereocenters. The highest BCUT2D eigenvalue weighted by Gasteiger charge is 2.46. The van der Waals surface area contributed by atoms with Crippen molar-refractivity contribution in [3.05, 3.63) is 54.0 Å². The molecule has 11 heteroatoms. The van der Waals surface area contributed by atoms with Crippen molar-refractivity contribution in [2.75, 3.05) is 56.5 Å². The Morgan fingerprint density at radius 2 is 1.67 bits per heavy atom. The smallest absolute Gasteiger partial charge is 0.258 e. The highest BCUT2D eigenvalue weighted by Crippen LogP contribution is 2.43. The molecule has 0 radical (unpaired) electrons. The maximum absolute atomic E-state index is 13.8. The van der Waals surface area contributed by atoms with Crippen LogP contribution in [0.15, 0.2) is 42.7 Å². The van der Waals surface area contributed by atoms with E-state index in [9.17, 15) is 9.90 Å². The summed E-state index contributed by atoms with van der Waals surface area (Å²) in [6.07, 6.45) is 11.7. The summed E-state index contributed by atoms with van der Waals surface area (Å²) >= 11 is 0. The Hall–Kier alpha value is -3.80. The second-order valence-corrected chi connectivity index (χ2v) is 15.1. The number of fused-ring (bicyclic) bond motifs is 1. The summed E-state index contributed by atoms with van der Waals surface area (Å²) < 4.78 is 3.96. The van der Waals surface area contributed by atoms with E-state index in [-0.39, 0.29) is 18.1 Å². The first-order valence-corrected chi connectivity index (χ1v) is 17.9. The lowest BCUT2D eigenvalue weighted by Gasteiger charge is -2.57. The van der Waals surface area contributed by atoms with Crippen molar-refractivity contribution < 1.29 is 9.90 Å². The Balaban J connectivity index is 1.01. The molecule has 3 aromatic heterocycles. The molecule has 0 bridgehead atoms. The van der Waals surface area contributed by atoms with Crippen LogP contribution in [0.4, 0.5) is 11.6 Å². The fourth-order valence-corrected chi connectivity index (χ4v) is 8.70. The van der Waals surface area contributed by atoms with E-state index in [1.165, 1.54) is 57.5 Å². The van der Waals surface area contributed by atoms with Crippen LogP contribution in [-0.2, 0) is 7.05 Å². The number of rotatable bonds is 6. The molecule has 6 heterocycles. The van der Waals surface area contributed by atoms with E-state index in [4.69, 9.17) is 4.98 Å². The van der Waals surface area contributed by atoms with E-state index in [2.05, 4.69) is 59.9 Å². The monoisotopic (exact) mass is 651 g/mol. The average Bonchev–Trinajstić information content (AvgIpc) is 3.67. The van der Waals surface area contributed by atoms with Gasteiger partial charge in [0.15, 0.2) is 0 Å². The number of aryl methyl sites for hydroxylation is 2. The molecule has 48 heavy (non-hydrogen) atoms. The van der Waals surface area contributed by atoms with E-state index in [1.54, 1.807) is 10.9 Å². The number of aromatic nitrogens is 5. The Morgan fingerprint density at radius 3 is 2.38 bits per heavy atom. The zero-order chi connectivity index (χ0) is 33.0. The minimum atomic E-state index is -0.266. The largest absolute Gasteiger partial charge is 0.393 e. The summed E-state index contributed by atoms with van der Waals surface area (Å²) in [7, 11) is 4.12. The summed E-state index contributed by atoms with van der Waals surface area (Å²) in [6.45, 7) is 9.06. The first-order chi connectivity index (χ1) is 23.2. The molecule has 1 aliphatic carbocycles. The molecule has 8 rings (SSSR count). The van der Waals surface area contributed by atoms with Gasteiger partial charge in [0.2, 0.25) is 5.95 Å². The van der Waals surface area contributed by atoms with Gasteiger partial charge in [-0.05, 0) is 114 Å². The lowest BCUT2D eigenvalue weighted by molar-refractivity contribution is -0.0704. The number of aliphatic hydroxyl groups is 1. The number of nitrogens with one attached hydrogen (secondary N) is 1. The summed E-state index contributed by atoms with van der Waals surface area (Å²) in [4.78, 5) is 31.2. The fourth-order valence-electron chi connectivity index (χ4n) is 8.70. The highest BCUT2D eigenvalue weighted by atomic mass is 16.3. The lowest BCUT2D eigenvalue weighted by Crippen LogP contribution is -2.63.